The first-order chi connectivity index (χ1) is 8.74. The van der Waals surface area contributed by atoms with Crippen LogP contribution in [0.25, 0.3) is 0 Å². The molecule has 1 saturated carbocycles. The molecule has 104 valence electrons. The number of hydrogen-bond donors (Lipinski definition) is 2. The lowest BCUT2D eigenvalue weighted by Crippen LogP contribution is -2.48. The van der Waals surface area contributed by atoms with Gasteiger partial charge >= 0.3 is 6.09 Å². The van der Waals surface area contributed by atoms with Gasteiger partial charge in [0.05, 0.1) is 6.54 Å². The summed E-state index contributed by atoms with van der Waals surface area (Å²) in [6.45, 7) is 5.40. The van der Waals surface area contributed by atoms with Gasteiger partial charge in [-0.15, -0.1) is 0 Å². The first kappa shape index (κ1) is 13.6. The van der Waals surface area contributed by atoms with E-state index in [0.29, 0.717) is 18.5 Å². The first-order valence-electron chi connectivity index (χ1n) is 7.13. The highest BCUT2D eigenvalue weighted by Crippen LogP contribution is 2.28. The van der Waals surface area contributed by atoms with Crippen LogP contribution >= 0.6 is 0 Å². The van der Waals surface area contributed by atoms with Crippen molar-refractivity contribution in [2.75, 3.05) is 26.2 Å². The Hall–Kier alpha value is -0.810. The Morgan fingerprint density at radius 3 is 2.83 bits per heavy atom. The second-order valence-electron chi connectivity index (χ2n) is 5.34. The van der Waals surface area contributed by atoms with Crippen molar-refractivity contribution in [1.82, 2.24) is 10.2 Å². The smallest absolute Gasteiger partial charge is 0.407 e. The van der Waals surface area contributed by atoms with E-state index in [1.165, 1.54) is 25.7 Å². The van der Waals surface area contributed by atoms with Crippen molar-refractivity contribution in [2.45, 2.75) is 44.8 Å². The number of carbonyl (C=O) groups is 1. The highest BCUT2D eigenvalue weighted by molar-refractivity contribution is 5.69. The molecule has 18 heavy (non-hydrogen) atoms. The van der Waals surface area contributed by atoms with Crippen molar-refractivity contribution >= 4 is 6.09 Å². The monoisotopic (exact) mass is 255 g/mol. The number of rotatable bonds is 5. The van der Waals surface area contributed by atoms with Crippen molar-refractivity contribution < 1.29 is 9.53 Å². The van der Waals surface area contributed by atoms with Gasteiger partial charge in [-0.2, -0.15) is 0 Å². The van der Waals surface area contributed by atoms with Crippen LogP contribution in [0.1, 0.15) is 32.6 Å². The predicted molar refractivity (Wildman–Crippen MR) is 70.3 cm³/mol. The molecule has 0 aromatic heterocycles. The van der Waals surface area contributed by atoms with Gasteiger partial charge in [-0.25, -0.2) is 4.79 Å². The molecule has 0 radical (unpaired) electrons. The minimum absolute atomic E-state index is 0.00204. The Bertz CT molecular complexity index is 285. The average molecular weight is 255 g/mol. The Kier molecular flexibility index (Phi) is 4.83. The summed E-state index contributed by atoms with van der Waals surface area (Å²) in [5, 5.41) is 2.71. The van der Waals surface area contributed by atoms with Gasteiger partial charge in [0.15, 0.2) is 0 Å². The van der Waals surface area contributed by atoms with Gasteiger partial charge in [-0.1, -0.05) is 19.8 Å². The molecule has 2 rings (SSSR count). The molecule has 3 N–H and O–H groups in total. The Morgan fingerprint density at radius 1 is 1.44 bits per heavy atom. The maximum Gasteiger partial charge on any atom is 0.407 e. The molecule has 3 unspecified atom stereocenters. The van der Waals surface area contributed by atoms with Gasteiger partial charge in [-0.05, 0) is 31.8 Å². The number of carbonyl (C=O) groups excluding carboxylic acids is 1. The van der Waals surface area contributed by atoms with Gasteiger partial charge < -0.3 is 15.8 Å². The summed E-state index contributed by atoms with van der Waals surface area (Å²) < 4.78 is 5.23. The maximum atomic E-state index is 11.0. The summed E-state index contributed by atoms with van der Waals surface area (Å²) in [5.74, 6) is 0.601. The van der Waals surface area contributed by atoms with Crippen LogP contribution in [0.4, 0.5) is 4.79 Å². The Balaban J connectivity index is 1.91. The zero-order valence-electron chi connectivity index (χ0n) is 11.2. The Labute approximate surface area is 109 Å². The van der Waals surface area contributed by atoms with Crippen LogP contribution in [0, 0.1) is 5.92 Å². The number of nitrogens with zero attached hydrogens (tertiary/aromatic N) is 1. The van der Waals surface area contributed by atoms with E-state index in [9.17, 15) is 4.79 Å². The van der Waals surface area contributed by atoms with Crippen molar-refractivity contribution in [2.24, 2.45) is 11.7 Å². The molecule has 2 fully saturated rings. The maximum absolute atomic E-state index is 11.0. The molecule has 0 aromatic rings. The molecule has 3 atom stereocenters. The summed E-state index contributed by atoms with van der Waals surface area (Å²) in [7, 11) is 0. The van der Waals surface area contributed by atoms with E-state index in [-0.39, 0.29) is 12.2 Å². The number of amides is 1. The third-order valence-electron chi connectivity index (χ3n) is 4.23. The molecule has 1 amide bonds. The fourth-order valence-corrected chi connectivity index (χ4v) is 3.24. The SMILES string of the molecule is CCN(CC1CNC(=O)O1)C1CCCCC1CN. The number of nitrogens with two attached hydrogens (primary N) is 1. The van der Waals surface area contributed by atoms with Crippen molar-refractivity contribution in [1.29, 1.82) is 0 Å². The number of nitrogens with one attached hydrogen (secondary N) is 1. The quantitative estimate of drug-likeness (QED) is 0.767. The molecule has 1 heterocycles. The normalized spacial score (nSPS) is 32.4. The Morgan fingerprint density at radius 2 is 2.22 bits per heavy atom. The second kappa shape index (κ2) is 6.38. The van der Waals surface area contributed by atoms with Crippen LogP contribution in [0.15, 0.2) is 0 Å². The molecule has 1 aliphatic heterocycles. The highest BCUT2D eigenvalue weighted by atomic mass is 16.6. The number of cyclic esters (lactones) is 1. The van der Waals surface area contributed by atoms with Gasteiger partial charge in [0, 0.05) is 12.6 Å². The third-order valence-corrected chi connectivity index (χ3v) is 4.23. The van der Waals surface area contributed by atoms with Crippen LogP contribution in [-0.2, 0) is 4.74 Å². The van der Waals surface area contributed by atoms with Crippen molar-refractivity contribution in [3.05, 3.63) is 0 Å². The number of likely N-dealkylation sites (N-methyl/N-ethyl adjacent to an activating group) is 1. The van der Waals surface area contributed by atoms with Gasteiger partial charge in [0.2, 0.25) is 0 Å². The van der Waals surface area contributed by atoms with Crippen molar-refractivity contribution in [3.8, 4) is 0 Å². The molecule has 0 bridgehead atoms. The molecule has 5 nitrogen and oxygen atoms in total. The van der Waals surface area contributed by atoms with Crippen LogP contribution in [0.3, 0.4) is 0 Å². The molecule has 2 aliphatic rings. The van der Waals surface area contributed by atoms with E-state index < -0.39 is 0 Å². The highest BCUT2D eigenvalue weighted by Gasteiger charge is 2.32. The predicted octanol–water partition coefficient (Wildman–Crippen LogP) is 0.934. The van der Waals surface area contributed by atoms with Crippen LogP contribution in [-0.4, -0.2) is 49.3 Å². The zero-order chi connectivity index (χ0) is 13.0. The van der Waals surface area contributed by atoms with E-state index in [4.69, 9.17) is 10.5 Å². The van der Waals surface area contributed by atoms with Crippen LogP contribution in [0.2, 0.25) is 0 Å². The first-order valence-corrected chi connectivity index (χ1v) is 7.13. The summed E-state index contributed by atoms with van der Waals surface area (Å²) in [6.07, 6.45) is 4.77. The van der Waals surface area contributed by atoms with Crippen LogP contribution < -0.4 is 11.1 Å². The fourth-order valence-electron chi connectivity index (χ4n) is 3.24. The number of ether oxygens (including phenoxy) is 1. The fraction of sp³-hybridized carbons (Fsp3) is 0.923. The van der Waals surface area contributed by atoms with Crippen molar-refractivity contribution in [3.63, 3.8) is 0 Å². The lowest BCUT2D eigenvalue weighted by Gasteiger charge is -2.39. The molecular formula is C13H25N3O2. The molecule has 0 aromatic carbocycles. The van der Waals surface area contributed by atoms with E-state index in [1.807, 2.05) is 0 Å². The van der Waals surface area contributed by atoms with Gasteiger partial charge in [-0.3, -0.25) is 4.90 Å². The number of alkyl carbamates (subject to hydrolysis) is 1. The zero-order valence-corrected chi connectivity index (χ0v) is 11.2. The lowest BCUT2D eigenvalue weighted by atomic mass is 9.83. The summed E-state index contributed by atoms with van der Waals surface area (Å²) >= 11 is 0. The minimum atomic E-state index is -0.282. The number of hydrogen-bond acceptors (Lipinski definition) is 4. The van der Waals surface area contributed by atoms with E-state index in [2.05, 4.69) is 17.1 Å². The summed E-state index contributed by atoms with van der Waals surface area (Å²) in [5.41, 5.74) is 5.89. The topological polar surface area (TPSA) is 67.6 Å². The van der Waals surface area contributed by atoms with Crippen LogP contribution in [0.5, 0.6) is 0 Å². The lowest BCUT2D eigenvalue weighted by molar-refractivity contribution is 0.0596. The molecule has 1 aliphatic carbocycles. The molecule has 5 heteroatoms. The van der Waals surface area contributed by atoms with E-state index >= 15 is 0 Å². The molecule has 1 saturated heterocycles. The summed E-state index contributed by atoms with van der Waals surface area (Å²) in [6, 6.07) is 0.563. The molecular weight excluding hydrogens is 230 g/mol. The van der Waals surface area contributed by atoms with E-state index in [1.54, 1.807) is 0 Å². The van der Waals surface area contributed by atoms with E-state index in [0.717, 1.165) is 19.6 Å². The largest absolute Gasteiger partial charge is 0.443 e. The standard InChI is InChI=1S/C13H25N3O2/c1-2-16(9-11-8-15-13(17)18-11)12-6-4-3-5-10(12)7-14/h10-12H,2-9,14H2,1H3,(H,15,17). The van der Waals surface area contributed by atoms with Gasteiger partial charge in [0.25, 0.3) is 0 Å². The third kappa shape index (κ3) is 3.14. The molecule has 0 spiro atoms. The van der Waals surface area contributed by atoms with Gasteiger partial charge in [0.1, 0.15) is 6.10 Å². The second-order valence-corrected chi connectivity index (χ2v) is 5.34. The summed E-state index contributed by atoms with van der Waals surface area (Å²) in [4.78, 5) is 13.5. The average Bonchev–Trinajstić information content (AvgIpc) is 2.81. The minimum Gasteiger partial charge on any atom is -0.443 e.